The van der Waals surface area contributed by atoms with Gasteiger partial charge in [0, 0.05) is 6.04 Å². The average molecular weight is 358 g/mol. The Balaban J connectivity index is 1.44. The van der Waals surface area contributed by atoms with Gasteiger partial charge in [-0.1, -0.05) is 36.0 Å². The molecule has 2 aliphatic rings. The van der Waals surface area contributed by atoms with E-state index < -0.39 is 0 Å². The molecule has 0 aliphatic heterocycles. The molecule has 2 atom stereocenters. The Labute approximate surface area is 150 Å². The highest BCUT2D eigenvalue weighted by Gasteiger charge is 2.30. The third kappa shape index (κ3) is 3.38. The second-order valence-electron chi connectivity index (χ2n) is 6.82. The first kappa shape index (κ1) is 16.4. The van der Waals surface area contributed by atoms with Crippen LogP contribution in [0.1, 0.15) is 55.8 Å². The molecule has 1 saturated carbocycles. The molecule has 1 aromatic carbocycles. The van der Waals surface area contributed by atoms with Crippen LogP contribution in [0.4, 0.5) is 0 Å². The molecule has 1 heterocycles. The van der Waals surface area contributed by atoms with Gasteiger partial charge in [0.15, 0.2) is 5.16 Å². The standard InChI is InChI=1S/C18H22N4O2S/c1-11(25-18-21-20-17(24)22(18)13-9-10-13)16(23)19-15-8-4-6-12-5-2-3-7-14(12)15/h2-3,5,7,11,13,15H,4,6,8-10H2,1H3,(H,19,23)(H,20,24)/t11-,15-/m1/s1. The predicted octanol–water partition coefficient (Wildman–Crippen LogP) is 2.58. The summed E-state index contributed by atoms with van der Waals surface area (Å²) in [7, 11) is 0. The molecule has 0 radical (unpaired) electrons. The summed E-state index contributed by atoms with van der Waals surface area (Å²) in [4.78, 5) is 24.5. The molecule has 6 nitrogen and oxygen atoms in total. The third-order valence-electron chi connectivity index (χ3n) is 4.92. The number of thioether (sulfide) groups is 1. The lowest BCUT2D eigenvalue weighted by molar-refractivity contribution is -0.121. The van der Waals surface area contributed by atoms with Crippen LogP contribution in [0.5, 0.6) is 0 Å². The highest BCUT2D eigenvalue weighted by molar-refractivity contribution is 8.00. The Kier molecular flexibility index (Phi) is 4.41. The zero-order chi connectivity index (χ0) is 17.4. The fraction of sp³-hybridized carbons (Fsp3) is 0.500. The first-order chi connectivity index (χ1) is 12.1. The van der Waals surface area contributed by atoms with E-state index in [4.69, 9.17) is 0 Å². The molecule has 0 bridgehead atoms. The fourth-order valence-corrected chi connectivity index (χ4v) is 4.37. The van der Waals surface area contributed by atoms with E-state index >= 15 is 0 Å². The molecule has 25 heavy (non-hydrogen) atoms. The van der Waals surface area contributed by atoms with Crippen LogP contribution in [0.3, 0.4) is 0 Å². The molecule has 1 fully saturated rings. The molecule has 1 amide bonds. The lowest BCUT2D eigenvalue weighted by Crippen LogP contribution is -2.36. The maximum absolute atomic E-state index is 12.7. The fourth-order valence-electron chi connectivity index (χ4n) is 3.43. The van der Waals surface area contributed by atoms with E-state index in [1.807, 2.05) is 13.0 Å². The van der Waals surface area contributed by atoms with Crippen LogP contribution in [0, 0.1) is 0 Å². The summed E-state index contributed by atoms with van der Waals surface area (Å²) in [5, 5.41) is 10.1. The number of rotatable bonds is 5. The predicted molar refractivity (Wildman–Crippen MR) is 96.7 cm³/mol. The lowest BCUT2D eigenvalue weighted by atomic mass is 9.88. The lowest BCUT2D eigenvalue weighted by Gasteiger charge is -2.27. The number of amides is 1. The molecule has 132 valence electrons. The molecular weight excluding hydrogens is 336 g/mol. The van der Waals surface area contributed by atoms with Gasteiger partial charge < -0.3 is 5.32 Å². The second-order valence-corrected chi connectivity index (χ2v) is 8.13. The number of nitrogens with zero attached hydrogens (tertiary/aromatic N) is 2. The van der Waals surface area contributed by atoms with Crippen molar-refractivity contribution in [2.75, 3.05) is 0 Å². The third-order valence-corrected chi connectivity index (χ3v) is 5.99. The Morgan fingerprint density at radius 1 is 1.36 bits per heavy atom. The van der Waals surface area contributed by atoms with Crippen LogP contribution in [0.25, 0.3) is 0 Å². The minimum absolute atomic E-state index is 0.00972. The van der Waals surface area contributed by atoms with Crippen LogP contribution < -0.4 is 11.0 Å². The molecule has 0 spiro atoms. The molecule has 2 aromatic rings. The zero-order valence-electron chi connectivity index (χ0n) is 14.2. The van der Waals surface area contributed by atoms with Crippen LogP contribution in [0.2, 0.25) is 0 Å². The SMILES string of the molecule is C[C@@H](Sc1n[nH]c(=O)n1C1CC1)C(=O)N[C@@H]1CCCc2ccccc21. The summed E-state index contributed by atoms with van der Waals surface area (Å²) in [6.07, 6.45) is 5.14. The number of benzene rings is 1. The van der Waals surface area contributed by atoms with Crippen molar-refractivity contribution in [2.45, 2.75) is 61.5 Å². The summed E-state index contributed by atoms with van der Waals surface area (Å²) < 4.78 is 1.68. The van der Waals surface area contributed by atoms with Crippen molar-refractivity contribution in [3.63, 3.8) is 0 Å². The highest BCUT2D eigenvalue weighted by Crippen LogP contribution is 2.37. The summed E-state index contributed by atoms with van der Waals surface area (Å²) in [6.45, 7) is 1.87. The number of nitrogens with one attached hydrogen (secondary N) is 2. The molecule has 0 saturated heterocycles. The van der Waals surface area contributed by atoms with E-state index in [0.717, 1.165) is 32.1 Å². The molecule has 7 heteroatoms. The van der Waals surface area contributed by atoms with Gasteiger partial charge >= 0.3 is 5.69 Å². The van der Waals surface area contributed by atoms with E-state index in [-0.39, 0.29) is 28.9 Å². The van der Waals surface area contributed by atoms with Crippen molar-refractivity contribution in [1.82, 2.24) is 20.1 Å². The smallest absolute Gasteiger partial charge is 0.344 e. The van der Waals surface area contributed by atoms with Crippen molar-refractivity contribution in [2.24, 2.45) is 0 Å². The average Bonchev–Trinajstić information content (AvgIpc) is 3.39. The van der Waals surface area contributed by atoms with Crippen LogP contribution in [-0.2, 0) is 11.2 Å². The highest BCUT2D eigenvalue weighted by atomic mass is 32.2. The van der Waals surface area contributed by atoms with Gasteiger partial charge in [-0.25, -0.2) is 9.89 Å². The minimum Gasteiger partial charge on any atom is -0.348 e. The minimum atomic E-state index is -0.304. The second kappa shape index (κ2) is 6.71. The van der Waals surface area contributed by atoms with Gasteiger partial charge in [-0.2, -0.15) is 0 Å². The number of aryl methyl sites for hydroxylation is 1. The van der Waals surface area contributed by atoms with Crippen molar-refractivity contribution in [3.8, 4) is 0 Å². The normalized spacial score (nSPS) is 20.8. The number of carbonyl (C=O) groups is 1. The summed E-state index contributed by atoms with van der Waals surface area (Å²) in [5.74, 6) is -0.00972. The number of aromatic amines is 1. The number of carbonyl (C=O) groups excluding carboxylic acids is 1. The molecule has 0 unspecified atom stereocenters. The Bertz CT molecular complexity index is 840. The van der Waals surface area contributed by atoms with Gasteiger partial charge in [0.25, 0.3) is 0 Å². The Morgan fingerprint density at radius 2 is 2.16 bits per heavy atom. The molecule has 2 aliphatic carbocycles. The number of hydrogen-bond acceptors (Lipinski definition) is 4. The Morgan fingerprint density at radius 3 is 2.96 bits per heavy atom. The van der Waals surface area contributed by atoms with Crippen LogP contribution in [-0.4, -0.2) is 25.9 Å². The molecule has 1 aromatic heterocycles. The van der Waals surface area contributed by atoms with Gasteiger partial charge in [0.05, 0.1) is 11.3 Å². The number of hydrogen-bond donors (Lipinski definition) is 2. The first-order valence-electron chi connectivity index (χ1n) is 8.85. The van der Waals surface area contributed by atoms with E-state index in [2.05, 4.69) is 33.7 Å². The van der Waals surface area contributed by atoms with E-state index in [0.29, 0.717) is 5.16 Å². The monoisotopic (exact) mass is 358 g/mol. The van der Waals surface area contributed by atoms with Crippen LogP contribution in [0.15, 0.2) is 34.2 Å². The first-order valence-corrected chi connectivity index (χ1v) is 9.73. The maximum Gasteiger partial charge on any atom is 0.344 e. The van der Waals surface area contributed by atoms with Gasteiger partial charge in [0.1, 0.15) is 0 Å². The van der Waals surface area contributed by atoms with E-state index in [1.165, 1.54) is 22.9 Å². The number of aromatic nitrogens is 3. The van der Waals surface area contributed by atoms with Gasteiger partial charge in [-0.15, -0.1) is 5.10 Å². The van der Waals surface area contributed by atoms with Crippen molar-refractivity contribution < 1.29 is 4.79 Å². The number of H-pyrrole nitrogens is 1. The largest absolute Gasteiger partial charge is 0.348 e. The van der Waals surface area contributed by atoms with Crippen LogP contribution >= 0.6 is 11.8 Å². The van der Waals surface area contributed by atoms with Gasteiger partial charge in [-0.3, -0.25) is 9.36 Å². The molecule has 4 rings (SSSR count). The van der Waals surface area contributed by atoms with Gasteiger partial charge in [-0.05, 0) is 50.2 Å². The van der Waals surface area contributed by atoms with Crippen molar-refractivity contribution in [3.05, 3.63) is 45.9 Å². The number of fused-ring (bicyclic) bond motifs is 1. The van der Waals surface area contributed by atoms with Crippen molar-refractivity contribution in [1.29, 1.82) is 0 Å². The summed E-state index contributed by atoms with van der Waals surface area (Å²) in [6, 6.07) is 8.65. The summed E-state index contributed by atoms with van der Waals surface area (Å²) in [5.41, 5.74) is 2.38. The van der Waals surface area contributed by atoms with Crippen molar-refractivity contribution >= 4 is 17.7 Å². The van der Waals surface area contributed by atoms with E-state index in [1.54, 1.807) is 4.57 Å². The quantitative estimate of drug-likeness (QED) is 0.805. The maximum atomic E-state index is 12.7. The van der Waals surface area contributed by atoms with Gasteiger partial charge in [0.2, 0.25) is 5.91 Å². The zero-order valence-corrected chi connectivity index (χ0v) is 15.0. The Hall–Kier alpha value is -2.02. The molecule has 2 N–H and O–H groups in total. The topological polar surface area (TPSA) is 79.8 Å². The summed E-state index contributed by atoms with van der Waals surface area (Å²) >= 11 is 1.35. The van der Waals surface area contributed by atoms with E-state index in [9.17, 15) is 9.59 Å². The molecular formula is C18H22N4O2S.